The molecular formula is C24H33N3O4S. The second-order valence-corrected chi connectivity index (χ2v) is 10.8. The van der Waals surface area contributed by atoms with Crippen LogP contribution < -0.4 is 4.74 Å². The van der Waals surface area contributed by atoms with Gasteiger partial charge in [0.25, 0.3) is 0 Å². The Balaban J connectivity index is 1.59. The highest BCUT2D eigenvalue weighted by atomic mass is 32.2. The highest BCUT2D eigenvalue weighted by Gasteiger charge is 2.38. The van der Waals surface area contributed by atoms with Crippen molar-refractivity contribution in [1.29, 1.82) is 0 Å². The summed E-state index contributed by atoms with van der Waals surface area (Å²) in [6.45, 7) is 0.397. The van der Waals surface area contributed by atoms with Gasteiger partial charge in [-0.15, -0.1) is 0 Å². The van der Waals surface area contributed by atoms with E-state index in [1.54, 1.807) is 31.4 Å². The lowest BCUT2D eigenvalue weighted by Crippen LogP contribution is -2.48. The van der Waals surface area contributed by atoms with E-state index < -0.39 is 10.0 Å². The molecule has 0 radical (unpaired) electrons. The lowest BCUT2D eigenvalue weighted by Gasteiger charge is -2.34. The monoisotopic (exact) mass is 459 g/mol. The maximum absolute atomic E-state index is 13.7. The Kier molecular flexibility index (Phi) is 6.90. The van der Waals surface area contributed by atoms with Crippen molar-refractivity contribution in [3.05, 3.63) is 48.3 Å². The number of aromatic nitrogens is 1. The molecule has 0 atom stereocenters. The number of ether oxygens (including phenoxy) is 1. The number of hydrogen-bond donors (Lipinski definition) is 0. The lowest BCUT2D eigenvalue weighted by atomic mass is 9.95. The molecule has 7 nitrogen and oxygen atoms in total. The number of carbonyl (C=O) groups is 1. The molecule has 174 valence electrons. The molecule has 0 bridgehead atoms. The first-order valence-corrected chi connectivity index (χ1v) is 12.9. The summed E-state index contributed by atoms with van der Waals surface area (Å²) in [5.74, 6) is 0.489. The summed E-state index contributed by atoms with van der Waals surface area (Å²) >= 11 is 0. The Morgan fingerprint density at radius 3 is 2.28 bits per heavy atom. The van der Waals surface area contributed by atoms with Gasteiger partial charge in [0, 0.05) is 31.0 Å². The Hall–Kier alpha value is -2.32. The summed E-state index contributed by atoms with van der Waals surface area (Å²) in [7, 11) is -0.288. The van der Waals surface area contributed by atoms with Crippen molar-refractivity contribution in [3.8, 4) is 5.75 Å². The molecule has 0 saturated heterocycles. The zero-order valence-corrected chi connectivity index (χ0v) is 19.8. The SMILES string of the molecule is COc1ccc(S(=O)(=O)N(CC(=O)N(Cc2cccn2C)C2CC2)C2CCCCC2)cc1. The van der Waals surface area contributed by atoms with Gasteiger partial charge in [0.2, 0.25) is 15.9 Å². The molecule has 2 fully saturated rings. The van der Waals surface area contributed by atoms with Crippen molar-refractivity contribution in [2.45, 2.75) is 68.5 Å². The molecule has 0 spiro atoms. The Bertz CT molecular complexity index is 1020. The van der Waals surface area contributed by atoms with Crippen LogP contribution in [-0.4, -0.2) is 53.8 Å². The van der Waals surface area contributed by atoms with Crippen LogP contribution in [0.25, 0.3) is 0 Å². The van der Waals surface area contributed by atoms with Crippen LogP contribution in [0.15, 0.2) is 47.5 Å². The van der Waals surface area contributed by atoms with Crippen LogP contribution in [0.4, 0.5) is 0 Å². The van der Waals surface area contributed by atoms with Crippen LogP contribution in [-0.2, 0) is 28.4 Å². The molecule has 4 rings (SSSR count). The Morgan fingerprint density at radius 2 is 1.72 bits per heavy atom. The van der Waals surface area contributed by atoms with Crippen molar-refractivity contribution in [2.24, 2.45) is 7.05 Å². The number of aryl methyl sites for hydroxylation is 1. The molecule has 0 N–H and O–H groups in total. The molecule has 0 unspecified atom stereocenters. The predicted octanol–water partition coefficient (Wildman–Crippen LogP) is 3.55. The third-order valence-electron chi connectivity index (χ3n) is 6.63. The molecular weight excluding hydrogens is 426 g/mol. The van der Waals surface area contributed by atoms with Crippen LogP contribution in [0.5, 0.6) is 5.75 Å². The van der Waals surface area contributed by atoms with E-state index in [0.717, 1.165) is 50.6 Å². The highest BCUT2D eigenvalue weighted by molar-refractivity contribution is 7.89. The molecule has 1 aromatic carbocycles. The minimum absolute atomic E-state index is 0.111. The molecule has 2 aromatic rings. The number of sulfonamides is 1. The quantitative estimate of drug-likeness (QED) is 0.575. The second kappa shape index (κ2) is 9.67. The Labute approximate surface area is 191 Å². The third-order valence-corrected chi connectivity index (χ3v) is 8.54. The van der Waals surface area contributed by atoms with Crippen molar-refractivity contribution in [2.75, 3.05) is 13.7 Å². The fourth-order valence-electron chi connectivity index (χ4n) is 4.53. The molecule has 1 aromatic heterocycles. The van der Waals surface area contributed by atoms with Crippen LogP contribution >= 0.6 is 0 Å². The van der Waals surface area contributed by atoms with Gasteiger partial charge in [0.15, 0.2) is 0 Å². The average molecular weight is 460 g/mol. The van der Waals surface area contributed by atoms with Gasteiger partial charge >= 0.3 is 0 Å². The van der Waals surface area contributed by atoms with Crippen molar-refractivity contribution >= 4 is 15.9 Å². The summed E-state index contributed by atoms with van der Waals surface area (Å²) < 4.78 is 36.0. The average Bonchev–Trinajstić information content (AvgIpc) is 3.57. The van der Waals surface area contributed by atoms with Gasteiger partial charge in [-0.2, -0.15) is 4.31 Å². The van der Waals surface area contributed by atoms with E-state index in [-0.39, 0.29) is 29.4 Å². The maximum Gasteiger partial charge on any atom is 0.243 e. The zero-order chi connectivity index (χ0) is 22.7. The summed E-state index contributed by atoms with van der Waals surface area (Å²) in [5, 5.41) is 0. The number of amides is 1. The standard InChI is InChI=1S/C24H33N3O4S/c1-25-16-6-9-21(25)17-26(19-10-11-19)24(28)18-27(20-7-4-3-5-8-20)32(29,30)23-14-12-22(31-2)13-15-23/h6,9,12-16,19-20H,3-5,7-8,10-11,17-18H2,1-2H3. The van der Waals surface area contributed by atoms with E-state index in [9.17, 15) is 13.2 Å². The largest absolute Gasteiger partial charge is 0.497 e. The minimum atomic E-state index is -3.80. The second-order valence-electron chi connectivity index (χ2n) is 8.88. The number of methoxy groups -OCH3 is 1. The highest BCUT2D eigenvalue weighted by Crippen LogP contribution is 2.31. The summed E-state index contributed by atoms with van der Waals surface area (Å²) in [6, 6.07) is 10.5. The molecule has 8 heteroatoms. The zero-order valence-electron chi connectivity index (χ0n) is 18.9. The van der Waals surface area contributed by atoms with Crippen LogP contribution in [0, 0.1) is 0 Å². The number of benzene rings is 1. The molecule has 32 heavy (non-hydrogen) atoms. The molecule has 2 saturated carbocycles. The van der Waals surface area contributed by atoms with Gasteiger partial charge in [-0.3, -0.25) is 4.79 Å². The molecule has 1 amide bonds. The van der Waals surface area contributed by atoms with Gasteiger partial charge in [0.1, 0.15) is 5.75 Å². The number of rotatable bonds is 9. The molecule has 2 aliphatic rings. The van der Waals surface area contributed by atoms with Gasteiger partial charge in [-0.1, -0.05) is 19.3 Å². The minimum Gasteiger partial charge on any atom is -0.497 e. The van der Waals surface area contributed by atoms with E-state index in [1.807, 2.05) is 34.8 Å². The van der Waals surface area contributed by atoms with Gasteiger partial charge in [0.05, 0.1) is 25.1 Å². The first-order valence-electron chi connectivity index (χ1n) is 11.5. The van der Waals surface area contributed by atoms with Crippen LogP contribution in [0.2, 0.25) is 0 Å². The summed E-state index contributed by atoms with van der Waals surface area (Å²) in [4.78, 5) is 15.6. The predicted molar refractivity (Wildman–Crippen MR) is 123 cm³/mol. The van der Waals surface area contributed by atoms with E-state index >= 15 is 0 Å². The first kappa shape index (κ1) is 22.9. The van der Waals surface area contributed by atoms with Crippen LogP contribution in [0.1, 0.15) is 50.6 Å². The fourth-order valence-corrected chi connectivity index (χ4v) is 6.16. The maximum atomic E-state index is 13.7. The number of hydrogen-bond acceptors (Lipinski definition) is 4. The van der Waals surface area contributed by atoms with Gasteiger partial charge in [-0.25, -0.2) is 8.42 Å². The van der Waals surface area contributed by atoms with Gasteiger partial charge < -0.3 is 14.2 Å². The van der Waals surface area contributed by atoms with Crippen molar-refractivity contribution in [1.82, 2.24) is 13.8 Å². The fraction of sp³-hybridized carbons (Fsp3) is 0.542. The van der Waals surface area contributed by atoms with Crippen molar-refractivity contribution < 1.29 is 17.9 Å². The Morgan fingerprint density at radius 1 is 1.03 bits per heavy atom. The first-order chi connectivity index (χ1) is 15.4. The molecule has 1 heterocycles. The van der Waals surface area contributed by atoms with Crippen molar-refractivity contribution in [3.63, 3.8) is 0 Å². The smallest absolute Gasteiger partial charge is 0.243 e. The van der Waals surface area contributed by atoms with E-state index in [4.69, 9.17) is 4.74 Å². The van der Waals surface area contributed by atoms with E-state index in [0.29, 0.717) is 12.3 Å². The van der Waals surface area contributed by atoms with Crippen LogP contribution in [0.3, 0.4) is 0 Å². The van der Waals surface area contributed by atoms with E-state index in [1.165, 1.54) is 4.31 Å². The van der Waals surface area contributed by atoms with Gasteiger partial charge in [-0.05, 0) is 62.1 Å². The number of nitrogens with zero attached hydrogens (tertiary/aromatic N) is 3. The van der Waals surface area contributed by atoms with E-state index in [2.05, 4.69) is 0 Å². The normalized spacial score (nSPS) is 17.5. The summed E-state index contributed by atoms with van der Waals surface area (Å²) in [5.41, 5.74) is 1.05. The summed E-state index contributed by atoms with van der Waals surface area (Å²) in [6.07, 6.45) is 8.60. The third kappa shape index (κ3) is 5.02. The number of carbonyl (C=O) groups excluding carboxylic acids is 1. The molecule has 0 aliphatic heterocycles. The topological polar surface area (TPSA) is 71.8 Å². The lowest BCUT2D eigenvalue weighted by molar-refractivity contribution is -0.133. The molecule has 2 aliphatic carbocycles.